The summed E-state index contributed by atoms with van der Waals surface area (Å²) in [4.78, 5) is 0.111. The van der Waals surface area contributed by atoms with Crippen molar-refractivity contribution in [2.24, 2.45) is 5.73 Å². The van der Waals surface area contributed by atoms with Gasteiger partial charge < -0.3 is 5.73 Å². The average Bonchev–Trinajstić information content (AvgIpc) is 2.15. The second-order valence-corrected chi connectivity index (χ2v) is 6.42. The fourth-order valence-electron chi connectivity index (χ4n) is 1.40. The highest BCUT2D eigenvalue weighted by molar-refractivity contribution is 7.90. The third-order valence-electron chi connectivity index (χ3n) is 2.41. The Hall–Kier alpha value is -1.01. The fourth-order valence-corrected chi connectivity index (χ4v) is 2.09. The van der Waals surface area contributed by atoms with E-state index in [1.165, 1.54) is 25.1 Å². The largest absolute Gasteiger partial charge is 0.320 e. The second-order valence-electron chi connectivity index (χ2n) is 4.40. The van der Waals surface area contributed by atoms with Crippen LogP contribution in [0.4, 0.5) is 8.78 Å². The van der Waals surface area contributed by atoms with Crippen LogP contribution in [0.5, 0.6) is 0 Å². The summed E-state index contributed by atoms with van der Waals surface area (Å²) >= 11 is 0. The molecule has 3 nitrogen and oxygen atoms in total. The van der Waals surface area contributed by atoms with Crippen LogP contribution in [-0.4, -0.2) is 26.6 Å². The Morgan fingerprint density at radius 2 is 2.00 bits per heavy atom. The molecule has 0 aliphatic rings. The maximum absolute atomic E-state index is 12.6. The zero-order chi connectivity index (χ0) is 13.3. The molecule has 1 rings (SSSR count). The van der Waals surface area contributed by atoms with Crippen LogP contribution in [0.2, 0.25) is 0 Å². The molecule has 0 heterocycles. The molecule has 0 saturated heterocycles. The van der Waals surface area contributed by atoms with Crippen molar-refractivity contribution >= 4 is 9.84 Å². The van der Waals surface area contributed by atoms with E-state index in [2.05, 4.69) is 0 Å². The first-order valence-electron chi connectivity index (χ1n) is 4.99. The molecule has 96 valence electrons. The maximum atomic E-state index is 12.6. The molecule has 1 aromatic carbocycles. The van der Waals surface area contributed by atoms with Crippen molar-refractivity contribution in [2.75, 3.05) is 6.26 Å². The monoisotopic (exact) mass is 263 g/mol. The minimum Gasteiger partial charge on any atom is -0.320 e. The van der Waals surface area contributed by atoms with E-state index >= 15 is 0 Å². The van der Waals surface area contributed by atoms with Gasteiger partial charge in [-0.15, -0.1) is 0 Å². The van der Waals surface area contributed by atoms with Crippen molar-refractivity contribution in [3.8, 4) is 0 Å². The van der Waals surface area contributed by atoms with Crippen LogP contribution in [0, 0.1) is 0 Å². The standard InChI is InChI=1S/C11H15F2NO2S/c1-11(14,10(12)13)7-8-4-3-5-9(6-8)17(2,15)16/h3-6,10H,7,14H2,1-2H3. The third kappa shape index (κ3) is 3.74. The molecule has 17 heavy (non-hydrogen) atoms. The molecule has 0 spiro atoms. The van der Waals surface area contributed by atoms with E-state index in [0.29, 0.717) is 5.56 Å². The number of nitrogens with two attached hydrogens (primary N) is 1. The summed E-state index contributed by atoms with van der Waals surface area (Å²) in [7, 11) is -3.33. The van der Waals surface area contributed by atoms with Crippen LogP contribution in [0.3, 0.4) is 0 Å². The van der Waals surface area contributed by atoms with Gasteiger partial charge in [0.05, 0.1) is 10.4 Å². The normalized spacial score (nSPS) is 15.9. The van der Waals surface area contributed by atoms with Gasteiger partial charge in [0.15, 0.2) is 9.84 Å². The van der Waals surface area contributed by atoms with Crippen LogP contribution >= 0.6 is 0 Å². The van der Waals surface area contributed by atoms with Gasteiger partial charge in [-0.05, 0) is 31.0 Å². The first-order chi connectivity index (χ1) is 7.63. The molecular weight excluding hydrogens is 248 g/mol. The van der Waals surface area contributed by atoms with Crippen molar-refractivity contribution < 1.29 is 17.2 Å². The molecule has 0 aliphatic heterocycles. The molecule has 0 bridgehead atoms. The Balaban J connectivity index is 3.02. The van der Waals surface area contributed by atoms with Crippen LogP contribution < -0.4 is 5.73 Å². The van der Waals surface area contributed by atoms with Crippen molar-refractivity contribution in [1.82, 2.24) is 0 Å². The number of rotatable bonds is 4. The fraction of sp³-hybridized carbons (Fsp3) is 0.455. The summed E-state index contributed by atoms with van der Waals surface area (Å²) in [5, 5.41) is 0. The quantitative estimate of drug-likeness (QED) is 0.898. The van der Waals surface area contributed by atoms with E-state index in [0.717, 1.165) is 6.26 Å². The van der Waals surface area contributed by atoms with E-state index in [1.54, 1.807) is 6.07 Å². The van der Waals surface area contributed by atoms with Crippen LogP contribution in [0.15, 0.2) is 29.2 Å². The lowest BCUT2D eigenvalue weighted by Crippen LogP contribution is -2.45. The average molecular weight is 263 g/mol. The SMILES string of the molecule is CC(N)(Cc1cccc(S(C)(=O)=O)c1)C(F)F. The van der Waals surface area contributed by atoms with Gasteiger partial charge >= 0.3 is 0 Å². The van der Waals surface area contributed by atoms with Gasteiger partial charge in [0.2, 0.25) is 0 Å². The molecule has 0 saturated carbocycles. The smallest absolute Gasteiger partial charge is 0.256 e. The van der Waals surface area contributed by atoms with Crippen LogP contribution in [0.25, 0.3) is 0 Å². The van der Waals surface area contributed by atoms with Gasteiger partial charge in [-0.2, -0.15) is 0 Å². The van der Waals surface area contributed by atoms with Crippen LogP contribution in [0.1, 0.15) is 12.5 Å². The number of alkyl halides is 2. The molecule has 0 aromatic heterocycles. The van der Waals surface area contributed by atoms with Gasteiger partial charge in [0.1, 0.15) is 0 Å². The summed E-state index contributed by atoms with van der Waals surface area (Å²) in [6.45, 7) is 1.24. The summed E-state index contributed by atoms with van der Waals surface area (Å²) in [6.07, 6.45) is -1.67. The Kier molecular flexibility index (Phi) is 3.88. The molecular formula is C11H15F2NO2S. The highest BCUT2D eigenvalue weighted by atomic mass is 32.2. The summed E-state index contributed by atoms with van der Waals surface area (Å²) in [6, 6.07) is 5.91. The van der Waals surface area contributed by atoms with Gasteiger partial charge in [0, 0.05) is 6.26 Å². The lowest BCUT2D eigenvalue weighted by atomic mass is 9.94. The molecule has 0 amide bonds. The zero-order valence-electron chi connectivity index (χ0n) is 9.65. The predicted octanol–water partition coefficient (Wildman–Crippen LogP) is 1.62. The van der Waals surface area contributed by atoms with Gasteiger partial charge in [-0.3, -0.25) is 0 Å². The molecule has 6 heteroatoms. The molecule has 1 unspecified atom stereocenters. The Morgan fingerprint density at radius 1 is 1.41 bits per heavy atom. The zero-order valence-corrected chi connectivity index (χ0v) is 10.5. The van der Waals surface area contributed by atoms with E-state index in [1.807, 2.05) is 0 Å². The Morgan fingerprint density at radius 3 is 2.47 bits per heavy atom. The second kappa shape index (κ2) is 4.70. The summed E-state index contributed by atoms with van der Waals surface area (Å²) in [5.41, 5.74) is 4.28. The predicted molar refractivity (Wildman–Crippen MR) is 61.9 cm³/mol. The minimum absolute atomic E-state index is 0.0754. The molecule has 0 aliphatic carbocycles. The molecule has 0 fully saturated rings. The Bertz CT molecular complexity index is 498. The highest BCUT2D eigenvalue weighted by Gasteiger charge is 2.30. The number of hydrogen-bond acceptors (Lipinski definition) is 3. The maximum Gasteiger partial charge on any atom is 0.256 e. The van der Waals surface area contributed by atoms with E-state index in [9.17, 15) is 17.2 Å². The third-order valence-corrected chi connectivity index (χ3v) is 3.52. The van der Waals surface area contributed by atoms with E-state index in [-0.39, 0.29) is 11.3 Å². The Labute approximate surface area is 99.6 Å². The number of sulfone groups is 1. The van der Waals surface area contributed by atoms with Gasteiger partial charge in [0.25, 0.3) is 6.43 Å². The highest BCUT2D eigenvalue weighted by Crippen LogP contribution is 2.20. The number of benzene rings is 1. The van der Waals surface area contributed by atoms with Crippen molar-refractivity contribution in [1.29, 1.82) is 0 Å². The van der Waals surface area contributed by atoms with Crippen molar-refractivity contribution in [2.45, 2.75) is 30.2 Å². The van der Waals surface area contributed by atoms with Crippen LogP contribution in [-0.2, 0) is 16.3 Å². The first kappa shape index (κ1) is 14.1. The van der Waals surface area contributed by atoms with Crippen molar-refractivity contribution in [3.63, 3.8) is 0 Å². The summed E-state index contributed by atoms with van der Waals surface area (Å²) in [5.74, 6) is 0. The lowest BCUT2D eigenvalue weighted by molar-refractivity contribution is 0.0639. The molecule has 1 aromatic rings. The van der Waals surface area contributed by atoms with Gasteiger partial charge in [-0.25, -0.2) is 17.2 Å². The first-order valence-corrected chi connectivity index (χ1v) is 6.88. The molecule has 2 N–H and O–H groups in total. The molecule has 0 radical (unpaired) electrons. The number of hydrogen-bond donors (Lipinski definition) is 1. The summed E-state index contributed by atoms with van der Waals surface area (Å²) < 4.78 is 47.8. The molecule has 1 atom stereocenters. The van der Waals surface area contributed by atoms with Gasteiger partial charge in [-0.1, -0.05) is 12.1 Å². The topological polar surface area (TPSA) is 60.2 Å². The minimum atomic E-state index is -3.33. The van der Waals surface area contributed by atoms with Crippen molar-refractivity contribution in [3.05, 3.63) is 29.8 Å². The van der Waals surface area contributed by atoms with E-state index < -0.39 is 21.8 Å². The lowest BCUT2D eigenvalue weighted by Gasteiger charge is -2.23. The van der Waals surface area contributed by atoms with E-state index in [4.69, 9.17) is 5.73 Å². The number of halogens is 2.